The minimum absolute atomic E-state index is 0.686. The van der Waals surface area contributed by atoms with E-state index in [1.807, 2.05) is 12.4 Å². The fourth-order valence-electron chi connectivity index (χ4n) is 3.18. The molecule has 1 aliphatic carbocycles. The SMILES string of the molecule is CNC(CCc1ccncc1)C1CCC(C)CC1. The van der Waals surface area contributed by atoms with Gasteiger partial charge in [0.15, 0.2) is 0 Å². The van der Waals surface area contributed by atoms with Crippen molar-refractivity contribution in [3.8, 4) is 0 Å². The van der Waals surface area contributed by atoms with Crippen LogP contribution < -0.4 is 5.32 Å². The molecule has 2 heteroatoms. The van der Waals surface area contributed by atoms with Crippen LogP contribution >= 0.6 is 0 Å². The highest BCUT2D eigenvalue weighted by Crippen LogP contribution is 2.31. The van der Waals surface area contributed by atoms with Crippen LogP contribution in [0.4, 0.5) is 0 Å². The maximum atomic E-state index is 4.08. The molecular formula is C16H26N2. The highest BCUT2D eigenvalue weighted by atomic mass is 14.9. The molecule has 0 saturated heterocycles. The van der Waals surface area contributed by atoms with E-state index in [1.54, 1.807) is 0 Å². The fraction of sp³-hybridized carbons (Fsp3) is 0.688. The maximum Gasteiger partial charge on any atom is 0.0270 e. The summed E-state index contributed by atoms with van der Waals surface area (Å²) in [7, 11) is 2.12. The second kappa shape index (κ2) is 6.89. The highest BCUT2D eigenvalue weighted by molar-refractivity contribution is 5.10. The lowest BCUT2D eigenvalue weighted by Crippen LogP contribution is -2.36. The van der Waals surface area contributed by atoms with Gasteiger partial charge in [-0.1, -0.05) is 19.8 Å². The average molecular weight is 246 g/mol. The lowest BCUT2D eigenvalue weighted by Gasteiger charge is -2.32. The highest BCUT2D eigenvalue weighted by Gasteiger charge is 2.24. The molecule has 18 heavy (non-hydrogen) atoms. The molecule has 100 valence electrons. The Morgan fingerprint density at radius 1 is 1.22 bits per heavy atom. The minimum Gasteiger partial charge on any atom is -0.317 e. The van der Waals surface area contributed by atoms with E-state index >= 15 is 0 Å². The van der Waals surface area contributed by atoms with Crippen molar-refractivity contribution in [2.24, 2.45) is 11.8 Å². The predicted molar refractivity (Wildman–Crippen MR) is 76.5 cm³/mol. The molecule has 0 bridgehead atoms. The van der Waals surface area contributed by atoms with Gasteiger partial charge >= 0.3 is 0 Å². The number of hydrogen-bond acceptors (Lipinski definition) is 2. The second-order valence-electron chi connectivity index (χ2n) is 5.81. The molecule has 1 saturated carbocycles. The minimum atomic E-state index is 0.686. The molecule has 2 nitrogen and oxygen atoms in total. The number of aryl methyl sites for hydroxylation is 1. The standard InChI is InChI=1S/C16H26N2/c1-13-3-6-15(7-4-13)16(17-2)8-5-14-9-11-18-12-10-14/h9-13,15-17H,3-8H2,1-2H3. The Labute approximate surface area is 111 Å². The summed E-state index contributed by atoms with van der Waals surface area (Å²) >= 11 is 0. The first kappa shape index (κ1) is 13.5. The van der Waals surface area contributed by atoms with Crippen LogP contribution in [0.25, 0.3) is 0 Å². The van der Waals surface area contributed by atoms with E-state index in [9.17, 15) is 0 Å². The van der Waals surface area contributed by atoms with Crippen molar-refractivity contribution in [3.63, 3.8) is 0 Å². The second-order valence-corrected chi connectivity index (χ2v) is 5.81. The van der Waals surface area contributed by atoms with Crippen LogP contribution in [-0.4, -0.2) is 18.1 Å². The third-order valence-electron chi connectivity index (χ3n) is 4.49. The Morgan fingerprint density at radius 2 is 1.89 bits per heavy atom. The zero-order valence-electron chi connectivity index (χ0n) is 11.7. The molecule has 1 N–H and O–H groups in total. The molecule has 1 aromatic heterocycles. The number of nitrogens with one attached hydrogen (secondary N) is 1. The zero-order chi connectivity index (χ0) is 12.8. The van der Waals surface area contributed by atoms with E-state index in [1.165, 1.54) is 44.1 Å². The van der Waals surface area contributed by atoms with Crippen LogP contribution in [0.2, 0.25) is 0 Å². The van der Waals surface area contributed by atoms with Crippen LogP contribution in [0, 0.1) is 11.8 Å². The first-order valence-electron chi connectivity index (χ1n) is 7.35. The summed E-state index contributed by atoms with van der Waals surface area (Å²) in [5, 5.41) is 3.54. The summed E-state index contributed by atoms with van der Waals surface area (Å²) in [4.78, 5) is 4.08. The van der Waals surface area contributed by atoms with E-state index in [2.05, 4.69) is 36.4 Å². The summed E-state index contributed by atoms with van der Waals surface area (Å²) < 4.78 is 0. The Balaban J connectivity index is 1.82. The summed E-state index contributed by atoms with van der Waals surface area (Å²) in [6.07, 6.45) is 11.8. The van der Waals surface area contributed by atoms with Gasteiger partial charge in [0.05, 0.1) is 0 Å². The van der Waals surface area contributed by atoms with Crippen LogP contribution in [0.1, 0.15) is 44.6 Å². The van der Waals surface area contributed by atoms with Crippen LogP contribution in [0.15, 0.2) is 24.5 Å². The van der Waals surface area contributed by atoms with Crippen molar-refractivity contribution in [3.05, 3.63) is 30.1 Å². The summed E-state index contributed by atoms with van der Waals surface area (Å²) in [5.41, 5.74) is 1.41. The van der Waals surface area contributed by atoms with Gasteiger partial charge in [0.1, 0.15) is 0 Å². The Hall–Kier alpha value is -0.890. The van der Waals surface area contributed by atoms with Crippen LogP contribution in [0.3, 0.4) is 0 Å². The van der Waals surface area contributed by atoms with Crippen LogP contribution in [0.5, 0.6) is 0 Å². The van der Waals surface area contributed by atoms with Crippen molar-refractivity contribution < 1.29 is 0 Å². The Kier molecular flexibility index (Phi) is 5.18. The van der Waals surface area contributed by atoms with Crippen molar-refractivity contribution in [1.82, 2.24) is 10.3 Å². The van der Waals surface area contributed by atoms with E-state index in [-0.39, 0.29) is 0 Å². The molecule has 2 rings (SSSR count). The number of aromatic nitrogens is 1. The molecule has 1 atom stereocenters. The third-order valence-corrected chi connectivity index (χ3v) is 4.49. The lowest BCUT2D eigenvalue weighted by atomic mass is 9.78. The first-order valence-corrected chi connectivity index (χ1v) is 7.35. The topological polar surface area (TPSA) is 24.9 Å². The summed E-state index contributed by atoms with van der Waals surface area (Å²) in [6.45, 7) is 2.39. The van der Waals surface area contributed by atoms with Crippen molar-refractivity contribution in [2.75, 3.05) is 7.05 Å². The monoisotopic (exact) mass is 246 g/mol. The molecule has 1 fully saturated rings. The normalized spacial score (nSPS) is 25.9. The van der Waals surface area contributed by atoms with Crippen molar-refractivity contribution >= 4 is 0 Å². The zero-order valence-corrected chi connectivity index (χ0v) is 11.7. The van der Waals surface area contributed by atoms with E-state index < -0.39 is 0 Å². The van der Waals surface area contributed by atoms with Crippen LogP contribution in [-0.2, 0) is 6.42 Å². The van der Waals surface area contributed by atoms with Gasteiger partial charge < -0.3 is 5.32 Å². The van der Waals surface area contributed by atoms with Gasteiger partial charge in [-0.25, -0.2) is 0 Å². The molecule has 1 unspecified atom stereocenters. The molecule has 0 spiro atoms. The molecule has 0 aromatic carbocycles. The van der Waals surface area contributed by atoms with Gasteiger partial charge in [-0.05, 0) is 62.3 Å². The molecule has 0 aliphatic heterocycles. The molecule has 0 amide bonds. The number of hydrogen-bond donors (Lipinski definition) is 1. The molecular weight excluding hydrogens is 220 g/mol. The van der Waals surface area contributed by atoms with Gasteiger partial charge in [-0.3, -0.25) is 4.98 Å². The Morgan fingerprint density at radius 3 is 2.50 bits per heavy atom. The number of rotatable bonds is 5. The number of pyridine rings is 1. The summed E-state index contributed by atoms with van der Waals surface area (Å²) in [6, 6.07) is 4.95. The molecule has 1 heterocycles. The van der Waals surface area contributed by atoms with E-state index in [4.69, 9.17) is 0 Å². The van der Waals surface area contributed by atoms with Crippen molar-refractivity contribution in [1.29, 1.82) is 0 Å². The van der Waals surface area contributed by atoms with E-state index in [0.717, 1.165) is 11.8 Å². The van der Waals surface area contributed by atoms with E-state index in [0.29, 0.717) is 6.04 Å². The lowest BCUT2D eigenvalue weighted by molar-refractivity contribution is 0.229. The summed E-state index contributed by atoms with van der Waals surface area (Å²) in [5.74, 6) is 1.83. The van der Waals surface area contributed by atoms with Crippen molar-refractivity contribution in [2.45, 2.75) is 51.5 Å². The maximum absolute atomic E-state index is 4.08. The number of nitrogens with zero attached hydrogens (tertiary/aromatic N) is 1. The van der Waals surface area contributed by atoms with Gasteiger partial charge in [0.25, 0.3) is 0 Å². The fourth-order valence-corrected chi connectivity index (χ4v) is 3.18. The Bertz CT molecular complexity index is 328. The molecule has 1 aromatic rings. The van der Waals surface area contributed by atoms with Gasteiger partial charge in [0, 0.05) is 18.4 Å². The van der Waals surface area contributed by atoms with Gasteiger partial charge in [0.2, 0.25) is 0 Å². The smallest absolute Gasteiger partial charge is 0.0270 e. The first-order chi connectivity index (χ1) is 8.79. The van der Waals surface area contributed by atoms with Gasteiger partial charge in [-0.2, -0.15) is 0 Å². The molecule has 1 aliphatic rings. The predicted octanol–water partition coefficient (Wildman–Crippen LogP) is 3.43. The molecule has 0 radical (unpaired) electrons. The largest absolute Gasteiger partial charge is 0.317 e. The quantitative estimate of drug-likeness (QED) is 0.861. The third kappa shape index (κ3) is 3.81. The average Bonchev–Trinajstić information content (AvgIpc) is 2.42. The van der Waals surface area contributed by atoms with Gasteiger partial charge in [-0.15, -0.1) is 0 Å².